The van der Waals surface area contributed by atoms with E-state index in [1.54, 1.807) is 6.33 Å². The van der Waals surface area contributed by atoms with Crippen molar-refractivity contribution < 1.29 is 0 Å². The molecule has 4 nitrogen and oxygen atoms in total. The predicted octanol–water partition coefficient (Wildman–Crippen LogP) is 2.45. The van der Waals surface area contributed by atoms with Gasteiger partial charge < -0.3 is 5.32 Å². The Hall–Kier alpha value is -1.39. The summed E-state index contributed by atoms with van der Waals surface area (Å²) in [6, 6.07) is 8.11. The van der Waals surface area contributed by atoms with Crippen molar-refractivity contribution in [2.24, 2.45) is 0 Å². The standard InChI is InChI=1S/C13H17ClN4/c1-3-18-13(16-9-17-18)8-12(15-2)10-4-6-11(14)7-5-10/h4-7,9,12,15H,3,8H2,1-2H3. The van der Waals surface area contributed by atoms with Gasteiger partial charge in [-0.25, -0.2) is 4.98 Å². The quantitative estimate of drug-likeness (QED) is 0.902. The van der Waals surface area contributed by atoms with Crippen LogP contribution in [0.5, 0.6) is 0 Å². The van der Waals surface area contributed by atoms with Crippen molar-refractivity contribution in [2.45, 2.75) is 25.9 Å². The van der Waals surface area contributed by atoms with Gasteiger partial charge in [-0.1, -0.05) is 23.7 Å². The first-order valence-electron chi connectivity index (χ1n) is 6.04. The van der Waals surface area contributed by atoms with E-state index in [4.69, 9.17) is 11.6 Å². The zero-order valence-electron chi connectivity index (χ0n) is 10.6. The van der Waals surface area contributed by atoms with Crippen LogP contribution in [0.25, 0.3) is 0 Å². The Bertz CT molecular complexity index is 492. The molecular weight excluding hydrogens is 248 g/mol. The van der Waals surface area contributed by atoms with Crippen LogP contribution in [0.2, 0.25) is 5.02 Å². The minimum atomic E-state index is 0.219. The van der Waals surface area contributed by atoms with E-state index < -0.39 is 0 Å². The van der Waals surface area contributed by atoms with E-state index in [0.29, 0.717) is 0 Å². The van der Waals surface area contributed by atoms with E-state index in [1.165, 1.54) is 5.56 Å². The zero-order chi connectivity index (χ0) is 13.0. The largest absolute Gasteiger partial charge is 0.313 e. The molecule has 0 fully saturated rings. The molecule has 0 saturated carbocycles. The van der Waals surface area contributed by atoms with Gasteiger partial charge in [-0.2, -0.15) is 5.10 Å². The molecule has 1 N–H and O–H groups in total. The SMILES string of the molecule is CCn1ncnc1CC(NC)c1ccc(Cl)cc1. The molecule has 1 unspecified atom stereocenters. The Kier molecular flexibility index (Phi) is 4.33. The summed E-state index contributed by atoms with van der Waals surface area (Å²) in [6.07, 6.45) is 2.42. The van der Waals surface area contributed by atoms with Gasteiger partial charge >= 0.3 is 0 Å². The molecule has 0 aliphatic rings. The number of hydrogen-bond donors (Lipinski definition) is 1. The molecule has 18 heavy (non-hydrogen) atoms. The summed E-state index contributed by atoms with van der Waals surface area (Å²) < 4.78 is 1.92. The lowest BCUT2D eigenvalue weighted by molar-refractivity contribution is 0.533. The number of rotatable bonds is 5. The van der Waals surface area contributed by atoms with Crippen LogP contribution in [0.3, 0.4) is 0 Å². The van der Waals surface area contributed by atoms with E-state index in [2.05, 4.69) is 22.3 Å². The molecule has 0 aliphatic carbocycles. The molecule has 0 aliphatic heterocycles. The minimum Gasteiger partial charge on any atom is -0.313 e. The highest BCUT2D eigenvalue weighted by molar-refractivity contribution is 6.30. The van der Waals surface area contributed by atoms with Crippen molar-refractivity contribution in [3.05, 3.63) is 47.0 Å². The summed E-state index contributed by atoms with van der Waals surface area (Å²) in [6.45, 7) is 2.90. The number of hydrogen-bond acceptors (Lipinski definition) is 3. The maximum absolute atomic E-state index is 5.90. The van der Waals surface area contributed by atoms with Crippen molar-refractivity contribution in [1.82, 2.24) is 20.1 Å². The third-order valence-electron chi connectivity index (χ3n) is 3.00. The molecule has 2 aromatic rings. The highest BCUT2D eigenvalue weighted by Gasteiger charge is 2.13. The molecular formula is C13H17ClN4. The molecule has 0 spiro atoms. The van der Waals surface area contributed by atoms with Gasteiger partial charge in [-0.15, -0.1) is 0 Å². The van der Waals surface area contributed by atoms with E-state index >= 15 is 0 Å². The van der Waals surface area contributed by atoms with Crippen LogP contribution in [0.4, 0.5) is 0 Å². The molecule has 1 aromatic heterocycles. The normalized spacial score (nSPS) is 12.6. The molecule has 0 amide bonds. The second-order valence-electron chi connectivity index (χ2n) is 4.09. The van der Waals surface area contributed by atoms with Crippen LogP contribution in [-0.2, 0) is 13.0 Å². The van der Waals surface area contributed by atoms with Gasteiger partial charge in [0.25, 0.3) is 0 Å². The van der Waals surface area contributed by atoms with Crippen molar-refractivity contribution in [3.8, 4) is 0 Å². The number of benzene rings is 1. The molecule has 0 saturated heterocycles. The van der Waals surface area contributed by atoms with Gasteiger partial charge in [0.2, 0.25) is 0 Å². The fourth-order valence-corrected chi connectivity index (χ4v) is 2.10. The van der Waals surface area contributed by atoms with Gasteiger partial charge in [-0.3, -0.25) is 4.68 Å². The molecule has 1 heterocycles. The maximum atomic E-state index is 5.90. The first kappa shape index (κ1) is 13.1. The molecule has 0 bridgehead atoms. The number of aromatic nitrogens is 3. The van der Waals surface area contributed by atoms with Crippen LogP contribution in [0, 0.1) is 0 Å². The number of likely N-dealkylation sites (N-methyl/N-ethyl adjacent to an activating group) is 1. The Morgan fingerprint density at radius 2 is 2.06 bits per heavy atom. The summed E-state index contributed by atoms with van der Waals surface area (Å²) in [4.78, 5) is 4.30. The zero-order valence-corrected chi connectivity index (χ0v) is 11.4. The summed E-state index contributed by atoms with van der Waals surface area (Å²) in [5, 5.41) is 8.24. The van der Waals surface area contributed by atoms with Crippen LogP contribution in [0.1, 0.15) is 24.4 Å². The topological polar surface area (TPSA) is 42.7 Å². The lowest BCUT2D eigenvalue weighted by Crippen LogP contribution is -2.21. The van der Waals surface area contributed by atoms with Crippen molar-refractivity contribution in [3.63, 3.8) is 0 Å². The van der Waals surface area contributed by atoms with Crippen LogP contribution in [-0.4, -0.2) is 21.8 Å². The van der Waals surface area contributed by atoms with E-state index in [1.807, 2.05) is 36.0 Å². The lowest BCUT2D eigenvalue weighted by Gasteiger charge is -2.16. The predicted molar refractivity (Wildman–Crippen MR) is 72.7 cm³/mol. The first-order chi connectivity index (χ1) is 8.74. The van der Waals surface area contributed by atoms with Gasteiger partial charge in [0, 0.05) is 24.0 Å². The van der Waals surface area contributed by atoms with Gasteiger partial charge in [0.05, 0.1) is 0 Å². The number of aryl methyl sites for hydroxylation is 1. The Balaban J connectivity index is 2.17. The fraction of sp³-hybridized carbons (Fsp3) is 0.385. The smallest absolute Gasteiger partial charge is 0.138 e. The average molecular weight is 265 g/mol. The van der Waals surface area contributed by atoms with Gasteiger partial charge in [0.15, 0.2) is 0 Å². The molecule has 5 heteroatoms. The lowest BCUT2D eigenvalue weighted by atomic mass is 10.0. The summed E-state index contributed by atoms with van der Waals surface area (Å²) in [5.41, 5.74) is 1.20. The monoisotopic (exact) mass is 264 g/mol. The van der Waals surface area contributed by atoms with Crippen LogP contribution in [0.15, 0.2) is 30.6 Å². The first-order valence-corrected chi connectivity index (χ1v) is 6.41. The summed E-state index contributed by atoms with van der Waals surface area (Å²) in [7, 11) is 1.95. The second-order valence-corrected chi connectivity index (χ2v) is 4.53. The molecule has 0 radical (unpaired) electrons. The Morgan fingerprint density at radius 1 is 1.33 bits per heavy atom. The van der Waals surface area contributed by atoms with Crippen molar-refractivity contribution >= 4 is 11.6 Å². The van der Waals surface area contributed by atoms with Crippen molar-refractivity contribution in [1.29, 1.82) is 0 Å². The number of nitrogens with zero attached hydrogens (tertiary/aromatic N) is 3. The Labute approximate surface area is 112 Å². The third-order valence-corrected chi connectivity index (χ3v) is 3.25. The summed E-state index contributed by atoms with van der Waals surface area (Å²) in [5.74, 6) is 0.992. The second kappa shape index (κ2) is 5.98. The van der Waals surface area contributed by atoms with Crippen molar-refractivity contribution in [2.75, 3.05) is 7.05 Å². The highest BCUT2D eigenvalue weighted by Crippen LogP contribution is 2.19. The summed E-state index contributed by atoms with van der Waals surface area (Å²) >= 11 is 5.90. The van der Waals surface area contributed by atoms with Crippen LogP contribution < -0.4 is 5.32 Å². The fourth-order valence-electron chi connectivity index (χ4n) is 1.97. The minimum absolute atomic E-state index is 0.219. The van der Waals surface area contributed by atoms with Gasteiger partial charge in [0.1, 0.15) is 12.2 Å². The van der Waals surface area contributed by atoms with E-state index in [-0.39, 0.29) is 6.04 Å². The average Bonchev–Trinajstić information content (AvgIpc) is 2.84. The van der Waals surface area contributed by atoms with Gasteiger partial charge in [-0.05, 0) is 31.7 Å². The third kappa shape index (κ3) is 2.89. The van der Waals surface area contributed by atoms with E-state index in [9.17, 15) is 0 Å². The highest BCUT2D eigenvalue weighted by atomic mass is 35.5. The number of nitrogens with one attached hydrogen (secondary N) is 1. The Morgan fingerprint density at radius 3 is 2.67 bits per heavy atom. The maximum Gasteiger partial charge on any atom is 0.138 e. The molecule has 2 rings (SSSR count). The molecule has 96 valence electrons. The number of halogens is 1. The van der Waals surface area contributed by atoms with Crippen LogP contribution >= 0.6 is 11.6 Å². The molecule has 1 aromatic carbocycles. The van der Waals surface area contributed by atoms with E-state index in [0.717, 1.165) is 23.8 Å². The molecule has 1 atom stereocenters.